The molecule has 0 aliphatic carbocycles. The van der Waals surface area contributed by atoms with Crippen LogP contribution < -0.4 is 5.73 Å². The van der Waals surface area contributed by atoms with Crippen molar-refractivity contribution in [2.45, 2.75) is 52.0 Å². The number of aliphatic hydroxyl groups excluding tert-OH is 1. The van der Waals surface area contributed by atoms with Crippen molar-refractivity contribution in [2.24, 2.45) is 11.7 Å². The fraction of sp³-hybridized carbons (Fsp3) is 0.625. The number of hydrogen-bond donors (Lipinski definition) is 2. The third-order valence-corrected chi connectivity index (χ3v) is 3.34. The van der Waals surface area contributed by atoms with Crippen LogP contribution in [0.15, 0.2) is 24.3 Å². The zero-order chi connectivity index (χ0) is 13.8. The number of aliphatic hydroxyl groups is 1. The van der Waals surface area contributed by atoms with E-state index in [-0.39, 0.29) is 18.1 Å². The second kappa shape index (κ2) is 6.35. The molecule has 18 heavy (non-hydrogen) atoms. The summed E-state index contributed by atoms with van der Waals surface area (Å²) in [6, 6.07) is 8.69. The van der Waals surface area contributed by atoms with Crippen molar-refractivity contribution in [2.75, 3.05) is 6.61 Å². The summed E-state index contributed by atoms with van der Waals surface area (Å²) in [6.07, 6.45) is 1.82. The van der Waals surface area contributed by atoms with E-state index < -0.39 is 0 Å². The second-order valence-corrected chi connectivity index (χ2v) is 6.23. The first kappa shape index (κ1) is 15.2. The number of benzene rings is 1. The Morgan fingerprint density at radius 2 is 1.72 bits per heavy atom. The van der Waals surface area contributed by atoms with Gasteiger partial charge in [0.15, 0.2) is 0 Å². The van der Waals surface area contributed by atoms with Gasteiger partial charge in [-0.05, 0) is 43.7 Å². The van der Waals surface area contributed by atoms with Crippen LogP contribution in [0.2, 0.25) is 0 Å². The molecule has 1 unspecified atom stereocenters. The summed E-state index contributed by atoms with van der Waals surface area (Å²) in [5.41, 5.74) is 8.50. The number of rotatable bonds is 6. The van der Waals surface area contributed by atoms with Gasteiger partial charge in [-0.1, -0.05) is 38.1 Å². The standard InChI is InChI=1S/C16H27NO/c1-12(2)11-13-5-7-14(8-6-13)15(9-10-18)16(3,4)17/h5-8,12,15,18H,9-11,17H2,1-4H3. The first-order valence-electron chi connectivity index (χ1n) is 6.83. The molecule has 3 N–H and O–H groups in total. The summed E-state index contributed by atoms with van der Waals surface area (Å²) >= 11 is 0. The summed E-state index contributed by atoms with van der Waals surface area (Å²) in [6.45, 7) is 8.68. The van der Waals surface area contributed by atoms with E-state index >= 15 is 0 Å². The average Bonchev–Trinajstić information content (AvgIpc) is 2.25. The summed E-state index contributed by atoms with van der Waals surface area (Å²) in [4.78, 5) is 0. The van der Waals surface area contributed by atoms with Crippen molar-refractivity contribution in [3.05, 3.63) is 35.4 Å². The predicted octanol–water partition coefficient (Wildman–Crippen LogP) is 3.09. The van der Waals surface area contributed by atoms with Gasteiger partial charge in [0.25, 0.3) is 0 Å². The monoisotopic (exact) mass is 249 g/mol. The minimum atomic E-state index is -0.303. The Bertz CT molecular complexity index is 348. The predicted molar refractivity (Wildman–Crippen MR) is 77.7 cm³/mol. The molecular formula is C16H27NO. The maximum atomic E-state index is 9.18. The molecule has 0 aliphatic heterocycles. The maximum absolute atomic E-state index is 9.18. The smallest absolute Gasteiger partial charge is 0.0437 e. The van der Waals surface area contributed by atoms with E-state index in [1.807, 2.05) is 13.8 Å². The molecule has 2 nitrogen and oxygen atoms in total. The van der Waals surface area contributed by atoms with Crippen LogP contribution in [0.3, 0.4) is 0 Å². The summed E-state index contributed by atoms with van der Waals surface area (Å²) < 4.78 is 0. The van der Waals surface area contributed by atoms with E-state index in [4.69, 9.17) is 5.73 Å². The van der Waals surface area contributed by atoms with E-state index in [9.17, 15) is 5.11 Å². The van der Waals surface area contributed by atoms with Gasteiger partial charge in [-0.2, -0.15) is 0 Å². The number of hydrogen-bond acceptors (Lipinski definition) is 2. The van der Waals surface area contributed by atoms with Crippen molar-refractivity contribution >= 4 is 0 Å². The van der Waals surface area contributed by atoms with Gasteiger partial charge in [0.05, 0.1) is 0 Å². The van der Waals surface area contributed by atoms with Gasteiger partial charge in [0, 0.05) is 18.1 Å². The van der Waals surface area contributed by atoms with Gasteiger partial charge in [0.1, 0.15) is 0 Å². The van der Waals surface area contributed by atoms with Crippen LogP contribution in [0.25, 0.3) is 0 Å². The maximum Gasteiger partial charge on any atom is 0.0437 e. The van der Waals surface area contributed by atoms with E-state index in [0.717, 1.165) is 6.42 Å². The molecule has 1 aromatic carbocycles. The first-order valence-corrected chi connectivity index (χ1v) is 6.83. The normalized spacial score (nSPS) is 13.9. The highest BCUT2D eigenvalue weighted by Gasteiger charge is 2.26. The van der Waals surface area contributed by atoms with Crippen LogP contribution in [0.4, 0.5) is 0 Å². The molecule has 0 amide bonds. The Morgan fingerprint density at radius 1 is 1.17 bits per heavy atom. The first-order chi connectivity index (χ1) is 8.34. The fourth-order valence-electron chi connectivity index (χ4n) is 2.45. The van der Waals surface area contributed by atoms with Crippen molar-refractivity contribution in [3.63, 3.8) is 0 Å². The highest BCUT2D eigenvalue weighted by molar-refractivity contribution is 5.28. The molecule has 1 rings (SSSR count). The molecule has 0 aliphatic rings. The van der Waals surface area contributed by atoms with Crippen LogP contribution in [-0.2, 0) is 6.42 Å². The lowest BCUT2D eigenvalue weighted by molar-refractivity contribution is 0.250. The van der Waals surface area contributed by atoms with Gasteiger partial charge in [0.2, 0.25) is 0 Å². The molecule has 2 heteroatoms. The molecular weight excluding hydrogens is 222 g/mol. The zero-order valence-electron chi connectivity index (χ0n) is 12.1. The third-order valence-electron chi connectivity index (χ3n) is 3.34. The van der Waals surface area contributed by atoms with Crippen LogP contribution in [0.1, 0.15) is 51.2 Å². The van der Waals surface area contributed by atoms with Gasteiger partial charge in [-0.15, -0.1) is 0 Å². The molecule has 102 valence electrons. The molecule has 1 aromatic rings. The van der Waals surface area contributed by atoms with Gasteiger partial charge in [-0.3, -0.25) is 0 Å². The minimum absolute atomic E-state index is 0.180. The van der Waals surface area contributed by atoms with Crippen LogP contribution in [0, 0.1) is 5.92 Å². The Morgan fingerprint density at radius 3 is 2.11 bits per heavy atom. The molecule has 0 radical (unpaired) electrons. The van der Waals surface area contributed by atoms with Gasteiger partial charge >= 0.3 is 0 Å². The summed E-state index contributed by atoms with van der Waals surface area (Å²) in [5.74, 6) is 0.880. The SMILES string of the molecule is CC(C)Cc1ccc(C(CCO)C(C)(C)N)cc1. The lowest BCUT2D eigenvalue weighted by Gasteiger charge is -2.30. The van der Waals surface area contributed by atoms with E-state index in [1.54, 1.807) is 0 Å². The molecule has 0 saturated heterocycles. The van der Waals surface area contributed by atoms with E-state index in [2.05, 4.69) is 38.1 Å². The fourth-order valence-corrected chi connectivity index (χ4v) is 2.45. The van der Waals surface area contributed by atoms with Crippen molar-refractivity contribution < 1.29 is 5.11 Å². The zero-order valence-corrected chi connectivity index (χ0v) is 12.1. The quantitative estimate of drug-likeness (QED) is 0.814. The highest BCUT2D eigenvalue weighted by Crippen LogP contribution is 2.29. The minimum Gasteiger partial charge on any atom is -0.396 e. The van der Waals surface area contributed by atoms with Crippen molar-refractivity contribution in [3.8, 4) is 0 Å². The Kier molecular flexibility index (Phi) is 5.36. The van der Waals surface area contributed by atoms with Crippen molar-refractivity contribution in [1.82, 2.24) is 0 Å². The average molecular weight is 249 g/mol. The molecule has 0 spiro atoms. The lowest BCUT2D eigenvalue weighted by atomic mass is 9.80. The summed E-state index contributed by atoms with van der Waals surface area (Å²) in [5, 5.41) is 9.18. The van der Waals surface area contributed by atoms with Gasteiger partial charge in [-0.25, -0.2) is 0 Å². The van der Waals surface area contributed by atoms with Crippen LogP contribution in [-0.4, -0.2) is 17.3 Å². The van der Waals surface area contributed by atoms with Gasteiger partial charge < -0.3 is 10.8 Å². The Hall–Kier alpha value is -0.860. The summed E-state index contributed by atoms with van der Waals surface area (Å²) in [7, 11) is 0. The second-order valence-electron chi connectivity index (χ2n) is 6.23. The number of nitrogens with two attached hydrogens (primary N) is 1. The largest absolute Gasteiger partial charge is 0.396 e. The van der Waals surface area contributed by atoms with E-state index in [0.29, 0.717) is 12.3 Å². The Balaban J connectivity index is 2.87. The third kappa shape index (κ3) is 4.43. The topological polar surface area (TPSA) is 46.2 Å². The van der Waals surface area contributed by atoms with E-state index in [1.165, 1.54) is 11.1 Å². The molecule has 0 bridgehead atoms. The highest BCUT2D eigenvalue weighted by atomic mass is 16.3. The van der Waals surface area contributed by atoms with Crippen molar-refractivity contribution in [1.29, 1.82) is 0 Å². The van der Waals surface area contributed by atoms with Crippen LogP contribution >= 0.6 is 0 Å². The molecule has 0 heterocycles. The van der Waals surface area contributed by atoms with Crippen LogP contribution in [0.5, 0.6) is 0 Å². The molecule has 0 fully saturated rings. The molecule has 1 atom stereocenters. The molecule has 0 saturated carbocycles. The lowest BCUT2D eigenvalue weighted by Crippen LogP contribution is -2.39. The Labute approximate surface area is 111 Å². The molecule has 0 aromatic heterocycles.